The molecular weight excluding hydrogens is 346 g/mol. The third-order valence-electron chi connectivity index (χ3n) is 5.95. The second-order valence-electron chi connectivity index (χ2n) is 7.18. The maximum absolute atomic E-state index is 12.9. The number of rotatable bonds is 2. The lowest BCUT2D eigenvalue weighted by Gasteiger charge is -2.55. The summed E-state index contributed by atoms with van der Waals surface area (Å²) in [5.74, 6) is 0.144. The van der Waals surface area contributed by atoms with E-state index in [1.165, 1.54) is 5.56 Å². The Kier molecular flexibility index (Phi) is 5.26. The summed E-state index contributed by atoms with van der Waals surface area (Å²) in [5.41, 5.74) is 3.01. The molecule has 2 heterocycles. The molecule has 0 aliphatic carbocycles. The van der Waals surface area contributed by atoms with Gasteiger partial charge in [-0.05, 0) is 17.7 Å². The van der Waals surface area contributed by atoms with E-state index in [0.717, 1.165) is 43.7 Å². The number of likely N-dealkylation sites (tertiary alicyclic amines) is 1. The molecule has 26 heavy (non-hydrogen) atoms. The second-order valence-corrected chi connectivity index (χ2v) is 7.18. The van der Waals surface area contributed by atoms with Gasteiger partial charge in [-0.1, -0.05) is 42.5 Å². The highest BCUT2D eigenvalue weighted by Crippen LogP contribution is 2.41. The molecule has 2 aliphatic heterocycles. The summed E-state index contributed by atoms with van der Waals surface area (Å²) < 4.78 is 0. The fourth-order valence-electron chi connectivity index (χ4n) is 4.35. The maximum atomic E-state index is 12.9. The van der Waals surface area contributed by atoms with Gasteiger partial charge in [0.15, 0.2) is 0 Å². The van der Waals surface area contributed by atoms with E-state index in [1.807, 2.05) is 30.1 Å². The van der Waals surface area contributed by atoms with Gasteiger partial charge in [-0.2, -0.15) is 0 Å². The predicted molar refractivity (Wildman–Crippen MR) is 108 cm³/mol. The number of halogens is 1. The number of fused-ring (bicyclic) bond motifs is 1. The third-order valence-corrected chi connectivity index (χ3v) is 5.95. The molecule has 2 aromatic rings. The minimum absolute atomic E-state index is 0. The number of hydrogen-bond acceptors (Lipinski definition) is 3. The number of hydrogen-bond donors (Lipinski definition) is 0. The molecule has 0 unspecified atom stereocenters. The van der Waals surface area contributed by atoms with Crippen LogP contribution in [0, 0.1) is 0 Å². The van der Waals surface area contributed by atoms with Crippen LogP contribution in [0.2, 0.25) is 0 Å². The van der Waals surface area contributed by atoms with Crippen LogP contribution in [0.15, 0.2) is 54.6 Å². The normalized spacial score (nSPS) is 19.2. The number of amides is 1. The lowest BCUT2D eigenvalue weighted by atomic mass is 9.88. The summed E-state index contributed by atoms with van der Waals surface area (Å²) in [6.07, 6.45) is 1.93. The molecule has 4 nitrogen and oxygen atoms in total. The van der Waals surface area contributed by atoms with Crippen LogP contribution in [0.25, 0.3) is 0 Å². The van der Waals surface area contributed by atoms with E-state index in [2.05, 4.69) is 53.2 Å². The van der Waals surface area contributed by atoms with E-state index in [4.69, 9.17) is 0 Å². The zero-order valence-corrected chi connectivity index (χ0v) is 16.2. The fourth-order valence-corrected chi connectivity index (χ4v) is 4.35. The van der Waals surface area contributed by atoms with Crippen LogP contribution in [0.1, 0.15) is 28.8 Å². The van der Waals surface area contributed by atoms with Crippen LogP contribution >= 0.6 is 12.4 Å². The number of carbonyl (C=O) groups excluding carboxylic acids is 1. The van der Waals surface area contributed by atoms with Gasteiger partial charge < -0.3 is 9.80 Å². The highest BCUT2D eigenvalue weighted by atomic mass is 35.5. The van der Waals surface area contributed by atoms with Crippen molar-refractivity contribution in [3.63, 3.8) is 0 Å². The smallest absolute Gasteiger partial charge is 0.257 e. The Labute approximate surface area is 161 Å². The van der Waals surface area contributed by atoms with E-state index in [9.17, 15) is 4.79 Å². The third kappa shape index (κ3) is 2.97. The number of anilines is 1. The van der Waals surface area contributed by atoms with Gasteiger partial charge in [0, 0.05) is 46.6 Å². The highest BCUT2D eigenvalue weighted by Gasteiger charge is 2.48. The van der Waals surface area contributed by atoms with Crippen LogP contribution < -0.4 is 4.90 Å². The van der Waals surface area contributed by atoms with E-state index >= 15 is 0 Å². The number of benzene rings is 2. The molecule has 0 aromatic heterocycles. The molecule has 2 aliphatic rings. The quantitative estimate of drug-likeness (QED) is 0.806. The van der Waals surface area contributed by atoms with Crippen molar-refractivity contribution in [2.24, 2.45) is 0 Å². The van der Waals surface area contributed by atoms with Gasteiger partial charge in [0.2, 0.25) is 0 Å². The van der Waals surface area contributed by atoms with Crippen LogP contribution in [0.3, 0.4) is 0 Å². The number of nitrogens with zero attached hydrogens (tertiary/aromatic N) is 3. The summed E-state index contributed by atoms with van der Waals surface area (Å²) >= 11 is 0. The molecule has 0 N–H and O–H groups in total. The molecule has 138 valence electrons. The van der Waals surface area contributed by atoms with Crippen molar-refractivity contribution in [1.29, 1.82) is 0 Å². The topological polar surface area (TPSA) is 26.8 Å². The molecule has 1 fully saturated rings. The van der Waals surface area contributed by atoms with Crippen LogP contribution in [-0.2, 0) is 6.54 Å². The zero-order valence-electron chi connectivity index (χ0n) is 15.4. The molecular formula is C21H26ClN3O. The molecule has 1 amide bonds. The number of piperidine rings is 1. The van der Waals surface area contributed by atoms with Gasteiger partial charge in [-0.3, -0.25) is 9.69 Å². The minimum atomic E-state index is -0.210. The van der Waals surface area contributed by atoms with Crippen LogP contribution in [-0.4, -0.2) is 48.6 Å². The van der Waals surface area contributed by atoms with E-state index in [-0.39, 0.29) is 24.0 Å². The van der Waals surface area contributed by atoms with Crippen LogP contribution in [0.4, 0.5) is 5.69 Å². The lowest BCUT2D eigenvalue weighted by molar-refractivity contribution is 0.0244. The number of para-hydroxylation sites is 1. The van der Waals surface area contributed by atoms with E-state index in [1.54, 1.807) is 0 Å². The average Bonchev–Trinajstić information content (AvgIpc) is 2.67. The largest absolute Gasteiger partial charge is 0.351 e. The first-order chi connectivity index (χ1) is 12.1. The number of carbonyl (C=O) groups is 1. The second kappa shape index (κ2) is 7.29. The van der Waals surface area contributed by atoms with Gasteiger partial charge in [-0.15, -0.1) is 12.4 Å². The Bertz CT molecular complexity index is 772. The van der Waals surface area contributed by atoms with Gasteiger partial charge in [0.1, 0.15) is 5.66 Å². The first kappa shape index (κ1) is 18.7. The van der Waals surface area contributed by atoms with Gasteiger partial charge in [-0.25, -0.2) is 0 Å². The highest BCUT2D eigenvalue weighted by molar-refractivity contribution is 6.02. The van der Waals surface area contributed by atoms with Crippen molar-refractivity contribution >= 4 is 24.0 Å². The Balaban J connectivity index is 0.00000196. The molecule has 0 saturated carbocycles. The minimum Gasteiger partial charge on any atom is -0.351 e. The predicted octanol–water partition coefficient (Wildman–Crippen LogP) is 3.62. The Morgan fingerprint density at radius 1 is 0.885 bits per heavy atom. The van der Waals surface area contributed by atoms with E-state index < -0.39 is 0 Å². The standard InChI is InChI=1S/C21H25N3O.ClH/c1-22-19-11-7-6-10-18(19)20(25)23(2)21(22)12-14-24(15-13-21)16-17-8-4-3-5-9-17;/h3-11H,12-16H2,1-2H3;1H. The molecule has 0 bridgehead atoms. The monoisotopic (exact) mass is 371 g/mol. The van der Waals surface area contributed by atoms with Crippen molar-refractivity contribution in [1.82, 2.24) is 9.80 Å². The van der Waals surface area contributed by atoms with Crippen molar-refractivity contribution in [2.75, 3.05) is 32.1 Å². The van der Waals surface area contributed by atoms with Gasteiger partial charge in [0.25, 0.3) is 5.91 Å². The fraction of sp³-hybridized carbons (Fsp3) is 0.381. The zero-order chi connectivity index (χ0) is 17.4. The summed E-state index contributed by atoms with van der Waals surface area (Å²) in [4.78, 5) is 19.7. The SMILES string of the molecule is CN1C(=O)c2ccccc2N(C)C12CCN(Cc1ccccc1)CC2.Cl. The molecule has 4 rings (SSSR count). The molecule has 5 heteroatoms. The Morgan fingerprint density at radius 2 is 1.50 bits per heavy atom. The first-order valence-corrected chi connectivity index (χ1v) is 8.99. The molecule has 0 atom stereocenters. The molecule has 1 spiro atoms. The molecule has 0 radical (unpaired) electrons. The summed E-state index contributed by atoms with van der Waals surface area (Å²) in [5, 5.41) is 0. The summed E-state index contributed by atoms with van der Waals surface area (Å²) in [7, 11) is 4.09. The van der Waals surface area contributed by atoms with Crippen molar-refractivity contribution in [3.05, 3.63) is 65.7 Å². The van der Waals surface area contributed by atoms with Crippen molar-refractivity contribution in [3.8, 4) is 0 Å². The molecule has 1 saturated heterocycles. The van der Waals surface area contributed by atoms with Crippen molar-refractivity contribution < 1.29 is 4.79 Å². The summed E-state index contributed by atoms with van der Waals surface area (Å²) in [6.45, 7) is 2.98. The van der Waals surface area contributed by atoms with Crippen LogP contribution in [0.5, 0.6) is 0 Å². The van der Waals surface area contributed by atoms with E-state index in [0.29, 0.717) is 0 Å². The Morgan fingerprint density at radius 3 is 2.19 bits per heavy atom. The first-order valence-electron chi connectivity index (χ1n) is 8.99. The van der Waals surface area contributed by atoms with Crippen molar-refractivity contribution in [2.45, 2.75) is 25.0 Å². The van der Waals surface area contributed by atoms with Gasteiger partial charge in [0.05, 0.1) is 11.3 Å². The molecule has 2 aromatic carbocycles. The maximum Gasteiger partial charge on any atom is 0.257 e. The Hall–Kier alpha value is -2.04. The lowest BCUT2D eigenvalue weighted by Crippen LogP contribution is -2.66. The average molecular weight is 372 g/mol. The van der Waals surface area contributed by atoms with Gasteiger partial charge >= 0.3 is 0 Å². The summed E-state index contributed by atoms with van der Waals surface area (Å²) in [6, 6.07) is 18.6.